The number of imide groups is 1. The Hall–Kier alpha value is -2.58. The van der Waals surface area contributed by atoms with Crippen LogP contribution >= 0.6 is 0 Å². The highest BCUT2D eigenvalue weighted by atomic mass is 19.4. The molecule has 2 N–H and O–H groups in total. The van der Waals surface area contributed by atoms with Crippen LogP contribution in [-0.2, 0) is 10.2 Å². The number of benzene rings is 1. The highest BCUT2D eigenvalue weighted by Gasteiger charge is 2.68. The number of rotatable bonds is 2. The number of alkyl halides is 3. The monoisotopic (exact) mass is 357 g/mol. The van der Waals surface area contributed by atoms with Crippen LogP contribution < -0.4 is 10.6 Å². The highest BCUT2D eigenvalue weighted by Crippen LogP contribution is 2.33. The van der Waals surface area contributed by atoms with Gasteiger partial charge in [-0.05, 0) is 23.1 Å². The molecule has 0 aliphatic carbocycles. The molecule has 1 aromatic carbocycles. The van der Waals surface area contributed by atoms with Crippen molar-refractivity contribution in [3.63, 3.8) is 0 Å². The van der Waals surface area contributed by atoms with Gasteiger partial charge in [-0.2, -0.15) is 13.2 Å². The molecular weight excluding hydrogens is 339 g/mol. The topological polar surface area (TPSA) is 78.5 Å². The van der Waals surface area contributed by atoms with Gasteiger partial charge in [-0.3, -0.25) is 19.8 Å². The molecule has 1 aliphatic rings. The molecule has 0 spiro atoms. The maximum absolute atomic E-state index is 13.4. The molecule has 1 atom stereocenters. The SMILES string of the molecule is CN1C(=O)NC(NC(=O)c2ccc(C(C)(C)C)cc2)(C(F)(F)F)C1=O. The normalized spacial score (nSPS) is 21.3. The zero-order chi connectivity index (χ0) is 19.2. The number of carbonyl (C=O) groups is 3. The second-order valence-corrected chi connectivity index (χ2v) is 6.82. The lowest BCUT2D eigenvalue weighted by Crippen LogP contribution is -2.69. The van der Waals surface area contributed by atoms with Crippen LogP contribution in [0.4, 0.5) is 18.0 Å². The highest BCUT2D eigenvalue weighted by molar-refractivity contribution is 6.10. The molecule has 0 bridgehead atoms. The van der Waals surface area contributed by atoms with E-state index in [0.717, 1.165) is 12.6 Å². The molecule has 0 radical (unpaired) electrons. The summed E-state index contributed by atoms with van der Waals surface area (Å²) in [6.07, 6.45) is -5.20. The number of nitrogens with one attached hydrogen (secondary N) is 2. The van der Waals surface area contributed by atoms with Gasteiger partial charge in [-0.25, -0.2) is 4.79 Å². The molecule has 9 heteroatoms. The molecule has 25 heavy (non-hydrogen) atoms. The summed E-state index contributed by atoms with van der Waals surface area (Å²) in [6, 6.07) is 4.73. The molecule has 1 fully saturated rings. The Balaban J connectivity index is 2.33. The molecule has 4 amide bonds. The molecule has 1 unspecified atom stereocenters. The first kappa shape index (κ1) is 18.8. The Kier molecular flexibility index (Phi) is 4.31. The van der Waals surface area contributed by atoms with Crippen molar-refractivity contribution in [3.05, 3.63) is 35.4 Å². The van der Waals surface area contributed by atoms with E-state index >= 15 is 0 Å². The fourth-order valence-corrected chi connectivity index (χ4v) is 2.35. The summed E-state index contributed by atoms with van der Waals surface area (Å²) in [5.41, 5.74) is -2.84. The summed E-state index contributed by atoms with van der Waals surface area (Å²) in [5, 5.41) is 3.15. The third kappa shape index (κ3) is 3.18. The minimum Gasteiger partial charge on any atom is -0.314 e. The second-order valence-electron chi connectivity index (χ2n) is 6.82. The smallest absolute Gasteiger partial charge is 0.314 e. The van der Waals surface area contributed by atoms with Gasteiger partial charge >= 0.3 is 12.2 Å². The van der Waals surface area contributed by atoms with Crippen molar-refractivity contribution in [2.45, 2.75) is 38.0 Å². The molecule has 1 saturated heterocycles. The number of halogens is 3. The number of carbonyl (C=O) groups excluding carboxylic acids is 3. The number of hydrogen-bond acceptors (Lipinski definition) is 3. The van der Waals surface area contributed by atoms with Crippen LogP contribution in [0.2, 0.25) is 0 Å². The summed E-state index contributed by atoms with van der Waals surface area (Å²) in [4.78, 5) is 35.9. The van der Waals surface area contributed by atoms with E-state index in [9.17, 15) is 27.6 Å². The Morgan fingerprint density at radius 3 is 2.00 bits per heavy atom. The third-order valence-corrected chi connectivity index (χ3v) is 3.96. The number of likely N-dealkylation sites (N-methyl/N-ethyl adjacent to an activating group) is 1. The maximum Gasteiger partial charge on any atom is 0.440 e. The fourth-order valence-electron chi connectivity index (χ4n) is 2.35. The molecule has 1 aliphatic heterocycles. The molecule has 0 saturated carbocycles. The maximum atomic E-state index is 13.4. The zero-order valence-electron chi connectivity index (χ0n) is 14.1. The van der Waals surface area contributed by atoms with Gasteiger partial charge in [0.25, 0.3) is 17.5 Å². The largest absolute Gasteiger partial charge is 0.440 e. The van der Waals surface area contributed by atoms with Gasteiger partial charge in [0.05, 0.1) is 0 Å². The Labute approximate surface area is 142 Å². The molecule has 0 aromatic heterocycles. The van der Waals surface area contributed by atoms with E-state index in [0.29, 0.717) is 0 Å². The van der Waals surface area contributed by atoms with Crippen molar-refractivity contribution in [2.75, 3.05) is 7.05 Å². The standard InChI is InChI=1S/C16H18F3N3O3/c1-14(2,3)10-7-5-9(6-8-10)11(23)20-15(16(17,18)19)12(24)22(4)13(25)21-15/h5-8H,1-4H3,(H,20,23)(H,21,25). The van der Waals surface area contributed by atoms with Gasteiger partial charge in [-0.1, -0.05) is 32.9 Å². The van der Waals surface area contributed by atoms with Gasteiger partial charge in [0.1, 0.15) is 0 Å². The predicted octanol–water partition coefficient (Wildman–Crippen LogP) is 2.15. The molecule has 136 valence electrons. The van der Waals surface area contributed by atoms with Crippen LogP contribution in [0.25, 0.3) is 0 Å². The van der Waals surface area contributed by atoms with Crippen molar-refractivity contribution in [3.8, 4) is 0 Å². The number of urea groups is 1. The fraction of sp³-hybridized carbons (Fsp3) is 0.438. The average molecular weight is 357 g/mol. The van der Waals surface area contributed by atoms with E-state index in [1.54, 1.807) is 17.4 Å². The number of nitrogens with zero attached hydrogens (tertiary/aromatic N) is 1. The third-order valence-electron chi connectivity index (χ3n) is 3.96. The Morgan fingerprint density at radius 1 is 1.12 bits per heavy atom. The second kappa shape index (κ2) is 5.75. The van der Waals surface area contributed by atoms with Crippen molar-refractivity contribution in [2.24, 2.45) is 0 Å². The van der Waals surface area contributed by atoms with Crippen molar-refractivity contribution in [1.82, 2.24) is 15.5 Å². The Morgan fingerprint density at radius 2 is 1.64 bits per heavy atom. The molecule has 1 heterocycles. The number of hydrogen-bond donors (Lipinski definition) is 2. The first-order chi connectivity index (χ1) is 11.3. The van der Waals surface area contributed by atoms with Crippen LogP contribution in [-0.4, -0.2) is 41.6 Å². The van der Waals surface area contributed by atoms with Gasteiger partial charge in [0, 0.05) is 12.6 Å². The van der Waals surface area contributed by atoms with Crippen LogP contribution in [0.5, 0.6) is 0 Å². The quantitative estimate of drug-likeness (QED) is 0.796. The summed E-state index contributed by atoms with van der Waals surface area (Å²) in [6.45, 7) is 5.84. The van der Waals surface area contributed by atoms with Crippen LogP contribution in [0.15, 0.2) is 24.3 Å². The first-order valence-corrected chi connectivity index (χ1v) is 7.40. The molecular formula is C16H18F3N3O3. The van der Waals surface area contributed by atoms with E-state index < -0.39 is 29.7 Å². The summed E-state index contributed by atoms with van der Waals surface area (Å²) < 4.78 is 40.3. The van der Waals surface area contributed by atoms with Crippen LogP contribution in [0.1, 0.15) is 36.7 Å². The summed E-state index contributed by atoms with van der Waals surface area (Å²) in [5.74, 6) is -2.72. The Bertz CT molecular complexity index is 723. The molecule has 2 rings (SSSR count). The molecule has 1 aromatic rings. The minimum absolute atomic E-state index is 0.0618. The van der Waals surface area contributed by atoms with Crippen LogP contribution in [0, 0.1) is 0 Å². The lowest BCUT2D eigenvalue weighted by molar-refractivity contribution is -0.199. The molecule has 6 nitrogen and oxygen atoms in total. The van der Waals surface area contributed by atoms with Gasteiger partial charge < -0.3 is 5.32 Å². The lowest BCUT2D eigenvalue weighted by atomic mass is 9.86. The van der Waals surface area contributed by atoms with Crippen molar-refractivity contribution in [1.29, 1.82) is 0 Å². The minimum atomic E-state index is -5.20. The van der Waals surface area contributed by atoms with E-state index in [-0.39, 0.29) is 15.9 Å². The average Bonchev–Trinajstić information content (AvgIpc) is 2.71. The van der Waals surface area contributed by atoms with Gasteiger partial charge in [0.2, 0.25) is 0 Å². The van der Waals surface area contributed by atoms with E-state index in [1.807, 2.05) is 20.8 Å². The van der Waals surface area contributed by atoms with E-state index in [1.165, 1.54) is 17.4 Å². The van der Waals surface area contributed by atoms with Crippen LogP contribution in [0.3, 0.4) is 0 Å². The van der Waals surface area contributed by atoms with Crippen molar-refractivity contribution < 1.29 is 27.6 Å². The van der Waals surface area contributed by atoms with Gasteiger partial charge in [-0.15, -0.1) is 0 Å². The predicted molar refractivity (Wildman–Crippen MR) is 82.7 cm³/mol. The van der Waals surface area contributed by atoms with Gasteiger partial charge in [0.15, 0.2) is 0 Å². The number of amides is 4. The van der Waals surface area contributed by atoms with E-state index in [4.69, 9.17) is 0 Å². The first-order valence-electron chi connectivity index (χ1n) is 7.40. The summed E-state index contributed by atoms with van der Waals surface area (Å²) in [7, 11) is 0.898. The summed E-state index contributed by atoms with van der Waals surface area (Å²) >= 11 is 0. The van der Waals surface area contributed by atoms with E-state index in [2.05, 4.69) is 0 Å². The lowest BCUT2D eigenvalue weighted by Gasteiger charge is -2.29. The van der Waals surface area contributed by atoms with Crippen molar-refractivity contribution >= 4 is 17.8 Å². The zero-order valence-corrected chi connectivity index (χ0v) is 14.1.